The van der Waals surface area contributed by atoms with Crippen LogP contribution in [0.25, 0.3) is 11.1 Å². The number of ether oxygens (including phenoxy) is 1. The highest BCUT2D eigenvalue weighted by Crippen LogP contribution is 2.37. The number of hydrogen-bond acceptors (Lipinski definition) is 6. The highest BCUT2D eigenvalue weighted by molar-refractivity contribution is 5.94. The Kier molecular flexibility index (Phi) is 6.44. The lowest BCUT2D eigenvalue weighted by atomic mass is 9.93. The zero-order valence-corrected chi connectivity index (χ0v) is 19.5. The second-order valence-corrected chi connectivity index (χ2v) is 8.47. The van der Waals surface area contributed by atoms with Gasteiger partial charge >= 0.3 is 0 Å². The maximum absolute atomic E-state index is 13.5. The molecule has 172 valence electrons. The summed E-state index contributed by atoms with van der Waals surface area (Å²) in [5.74, 6) is 1.28. The normalized spacial score (nSPS) is 15.9. The fourth-order valence-electron chi connectivity index (χ4n) is 4.19. The van der Waals surface area contributed by atoms with Gasteiger partial charge in [0.2, 0.25) is 11.5 Å². The van der Waals surface area contributed by atoms with E-state index in [1.165, 1.54) is 10.6 Å². The molecular formula is C25H29N5O3. The molecule has 1 fully saturated rings. The van der Waals surface area contributed by atoms with Gasteiger partial charge in [-0.2, -0.15) is 0 Å². The number of rotatable bonds is 5. The maximum atomic E-state index is 13.5. The van der Waals surface area contributed by atoms with Crippen molar-refractivity contribution in [3.8, 4) is 16.9 Å². The zero-order valence-electron chi connectivity index (χ0n) is 19.5. The second kappa shape index (κ2) is 9.44. The van der Waals surface area contributed by atoms with Crippen molar-refractivity contribution in [1.82, 2.24) is 19.4 Å². The Morgan fingerprint density at radius 2 is 1.88 bits per heavy atom. The van der Waals surface area contributed by atoms with Crippen molar-refractivity contribution in [2.45, 2.75) is 25.3 Å². The van der Waals surface area contributed by atoms with Gasteiger partial charge in [0.25, 0.3) is 5.91 Å². The van der Waals surface area contributed by atoms with Crippen LogP contribution >= 0.6 is 0 Å². The fraction of sp³-hybridized carbons (Fsp3) is 0.360. The SMILES string of the molecule is COc1ccc(-c2cnc(N(C)C)nc2[C@H]2CCCCN2C(=O)c2ccc(=O)n(C)c2)cc1. The minimum absolute atomic E-state index is 0.0963. The Hall–Kier alpha value is -3.68. The third kappa shape index (κ3) is 4.60. The van der Waals surface area contributed by atoms with E-state index in [9.17, 15) is 9.59 Å². The van der Waals surface area contributed by atoms with Gasteiger partial charge in [0.15, 0.2) is 0 Å². The molecule has 33 heavy (non-hydrogen) atoms. The van der Waals surface area contributed by atoms with Crippen molar-refractivity contribution in [1.29, 1.82) is 0 Å². The lowest BCUT2D eigenvalue weighted by Crippen LogP contribution is -2.39. The summed E-state index contributed by atoms with van der Waals surface area (Å²) in [6, 6.07) is 10.6. The number of benzene rings is 1. The summed E-state index contributed by atoms with van der Waals surface area (Å²) >= 11 is 0. The summed E-state index contributed by atoms with van der Waals surface area (Å²) in [7, 11) is 7.10. The molecule has 1 aliphatic rings. The van der Waals surface area contributed by atoms with Crippen molar-refractivity contribution in [3.63, 3.8) is 0 Å². The monoisotopic (exact) mass is 447 g/mol. The van der Waals surface area contributed by atoms with E-state index in [0.29, 0.717) is 18.1 Å². The summed E-state index contributed by atoms with van der Waals surface area (Å²) in [6.45, 7) is 0.635. The van der Waals surface area contributed by atoms with Gasteiger partial charge in [-0.15, -0.1) is 0 Å². The van der Waals surface area contributed by atoms with E-state index < -0.39 is 0 Å². The van der Waals surface area contributed by atoms with Gasteiger partial charge in [-0.3, -0.25) is 9.59 Å². The Morgan fingerprint density at radius 1 is 1.12 bits per heavy atom. The number of methoxy groups -OCH3 is 1. The topological polar surface area (TPSA) is 80.6 Å². The lowest BCUT2D eigenvalue weighted by Gasteiger charge is -2.36. The van der Waals surface area contributed by atoms with E-state index in [4.69, 9.17) is 9.72 Å². The number of likely N-dealkylation sites (tertiary alicyclic amines) is 1. The van der Waals surface area contributed by atoms with Crippen molar-refractivity contribution in [2.24, 2.45) is 7.05 Å². The molecule has 1 aromatic carbocycles. The van der Waals surface area contributed by atoms with Crippen molar-refractivity contribution in [2.75, 3.05) is 32.6 Å². The number of carbonyl (C=O) groups is 1. The molecule has 0 bridgehead atoms. The van der Waals surface area contributed by atoms with Gasteiger partial charge in [0.05, 0.1) is 24.4 Å². The van der Waals surface area contributed by atoms with Crippen LogP contribution in [0.2, 0.25) is 0 Å². The average molecular weight is 448 g/mol. The molecule has 0 spiro atoms. The number of hydrogen-bond donors (Lipinski definition) is 0. The van der Waals surface area contributed by atoms with Gasteiger partial charge in [-0.1, -0.05) is 12.1 Å². The van der Waals surface area contributed by atoms with E-state index in [-0.39, 0.29) is 17.5 Å². The number of aromatic nitrogens is 3. The van der Waals surface area contributed by atoms with Crippen LogP contribution in [0.5, 0.6) is 5.75 Å². The van der Waals surface area contributed by atoms with Crippen molar-refractivity contribution >= 4 is 11.9 Å². The van der Waals surface area contributed by atoms with Crippen LogP contribution in [-0.4, -0.2) is 53.1 Å². The zero-order chi connectivity index (χ0) is 23.5. The van der Waals surface area contributed by atoms with Crippen LogP contribution in [0.1, 0.15) is 41.4 Å². The van der Waals surface area contributed by atoms with Crippen molar-refractivity contribution in [3.05, 3.63) is 70.4 Å². The molecule has 3 aromatic rings. The first kappa shape index (κ1) is 22.5. The first-order chi connectivity index (χ1) is 15.9. The summed E-state index contributed by atoms with van der Waals surface area (Å²) in [5, 5.41) is 0. The third-order valence-electron chi connectivity index (χ3n) is 6.02. The quantitative estimate of drug-likeness (QED) is 0.597. The molecule has 1 saturated heterocycles. The smallest absolute Gasteiger partial charge is 0.255 e. The summed E-state index contributed by atoms with van der Waals surface area (Å²) < 4.78 is 6.74. The molecule has 0 radical (unpaired) electrons. The minimum Gasteiger partial charge on any atom is -0.497 e. The fourth-order valence-corrected chi connectivity index (χ4v) is 4.19. The van der Waals surface area contributed by atoms with Crippen LogP contribution in [0, 0.1) is 0 Å². The van der Waals surface area contributed by atoms with Crippen molar-refractivity contribution < 1.29 is 9.53 Å². The molecule has 8 nitrogen and oxygen atoms in total. The number of anilines is 1. The van der Waals surface area contributed by atoms with Gasteiger partial charge in [0, 0.05) is 51.7 Å². The standard InChI is InChI=1S/C25H29N5O3/c1-28(2)25-26-15-20(17-8-11-19(33-4)12-9-17)23(27-25)21-7-5-6-14-30(21)24(32)18-10-13-22(31)29(3)16-18/h8-13,15-16,21H,5-7,14H2,1-4H3/t21-/m1/s1. The van der Waals surface area contributed by atoms with E-state index in [2.05, 4.69) is 4.98 Å². The van der Waals surface area contributed by atoms with Crippen LogP contribution in [0.3, 0.4) is 0 Å². The second-order valence-electron chi connectivity index (χ2n) is 8.47. The largest absolute Gasteiger partial charge is 0.497 e. The van der Waals surface area contributed by atoms with E-state index in [1.54, 1.807) is 26.4 Å². The number of carbonyl (C=O) groups excluding carboxylic acids is 1. The molecule has 8 heteroatoms. The highest BCUT2D eigenvalue weighted by Gasteiger charge is 2.32. The predicted octanol–water partition coefficient (Wildman–Crippen LogP) is 3.28. The molecule has 3 heterocycles. The molecule has 4 rings (SSSR count). The van der Waals surface area contributed by atoms with Crippen LogP contribution in [-0.2, 0) is 7.05 Å². The van der Waals surface area contributed by atoms with E-state index >= 15 is 0 Å². The number of aryl methyl sites for hydroxylation is 1. The average Bonchev–Trinajstić information content (AvgIpc) is 2.85. The van der Waals surface area contributed by atoms with Crippen LogP contribution in [0.4, 0.5) is 5.95 Å². The Labute approximate surface area is 193 Å². The summed E-state index contributed by atoms with van der Waals surface area (Å²) in [6.07, 6.45) is 6.18. The Bertz CT molecular complexity index is 1200. The molecule has 0 saturated carbocycles. The molecule has 0 unspecified atom stereocenters. The molecule has 1 atom stereocenters. The number of nitrogens with zero attached hydrogens (tertiary/aromatic N) is 5. The van der Waals surface area contributed by atoms with E-state index in [0.717, 1.165) is 41.8 Å². The Balaban J connectivity index is 1.79. The first-order valence-electron chi connectivity index (χ1n) is 11.1. The number of piperidine rings is 1. The summed E-state index contributed by atoms with van der Waals surface area (Å²) in [4.78, 5) is 38.6. The van der Waals surface area contributed by atoms with Crippen LogP contribution < -0.4 is 15.2 Å². The summed E-state index contributed by atoms with van der Waals surface area (Å²) in [5.41, 5.74) is 3.05. The number of pyridine rings is 1. The molecule has 1 aliphatic heterocycles. The molecule has 0 N–H and O–H groups in total. The minimum atomic E-state index is -0.192. The highest BCUT2D eigenvalue weighted by atomic mass is 16.5. The Morgan fingerprint density at radius 3 is 2.55 bits per heavy atom. The molecular weight excluding hydrogens is 418 g/mol. The predicted molar refractivity (Wildman–Crippen MR) is 128 cm³/mol. The first-order valence-corrected chi connectivity index (χ1v) is 11.1. The van der Waals surface area contributed by atoms with Gasteiger partial charge in [0.1, 0.15) is 5.75 Å². The molecule has 1 amide bonds. The molecule has 2 aromatic heterocycles. The van der Waals surface area contributed by atoms with Crippen LogP contribution in [0.15, 0.2) is 53.6 Å². The number of amides is 1. The molecule has 0 aliphatic carbocycles. The van der Waals surface area contributed by atoms with E-state index in [1.807, 2.05) is 54.4 Å². The maximum Gasteiger partial charge on any atom is 0.255 e. The third-order valence-corrected chi connectivity index (χ3v) is 6.02. The van der Waals surface area contributed by atoms with Gasteiger partial charge in [-0.25, -0.2) is 9.97 Å². The van der Waals surface area contributed by atoms with Gasteiger partial charge in [-0.05, 0) is 43.0 Å². The lowest BCUT2D eigenvalue weighted by molar-refractivity contribution is 0.0606. The van der Waals surface area contributed by atoms with Gasteiger partial charge < -0.3 is 19.1 Å².